The molecule has 2 unspecified atom stereocenters. The van der Waals surface area contributed by atoms with Gasteiger partial charge in [0.15, 0.2) is 0 Å². The summed E-state index contributed by atoms with van der Waals surface area (Å²) in [5.74, 6) is -1.30. The number of nitrogens with one attached hydrogen (secondary N) is 1. The molecule has 25 heavy (non-hydrogen) atoms. The van der Waals surface area contributed by atoms with Gasteiger partial charge in [0.2, 0.25) is 5.91 Å². The minimum atomic E-state index is -0.939. The molecule has 0 bridgehead atoms. The summed E-state index contributed by atoms with van der Waals surface area (Å²) in [5.41, 5.74) is 0.804. The molecular weight excluding hydrogens is 318 g/mol. The molecule has 0 saturated carbocycles. The van der Waals surface area contributed by atoms with Crippen molar-refractivity contribution in [3.63, 3.8) is 0 Å². The predicted octanol–water partition coefficient (Wildman–Crippen LogP) is 3.29. The maximum Gasteiger partial charge on any atom is 0.305 e. The molecule has 1 heterocycles. The predicted molar refractivity (Wildman–Crippen MR) is 95.2 cm³/mol. The maximum atomic E-state index is 12.7. The summed E-state index contributed by atoms with van der Waals surface area (Å²) in [4.78, 5) is 23.9. The van der Waals surface area contributed by atoms with Crippen LogP contribution in [0.3, 0.4) is 0 Å². The second-order valence-corrected chi connectivity index (χ2v) is 6.59. The van der Waals surface area contributed by atoms with Gasteiger partial charge in [0.25, 0.3) is 0 Å². The minimum Gasteiger partial charge on any atom is -0.481 e. The number of carboxylic acid groups (broad SMARTS) is 1. The van der Waals surface area contributed by atoms with Crippen LogP contribution in [0.15, 0.2) is 42.5 Å². The number of benzene rings is 2. The summed E-state index contributed by atoms with van der Waals surface area (Å²) in [5, 5.41) is 14.3. The summed E-state index contributed by atoms with van der Waals surface area (Å²) >= 11 is 0. The van der Waals surface area contributed by atoms with Crippen molar-refractivity contribution in [2.75, 3.05) is 6.61 Å². The van der Waals surface area contributed by atoms with Crippen LogP contribution in [0.5, 0.6) is 0 Å². The third-order valence-corrected chi connectivity index (χ3v) is 4.81. The number of carbonyl (C=O) groups excluding carboxylic acids is 1. The van der Waals surface area contributed by atoms with Crippen molar-refractivity contribution in [3.05, 3.63) is 48.0 Å². The van der Waals surface area contributed by atoms with Crippen molar-refractivity contribution < 1.29 is 19.4 Å². The molecule has 3 atom stereocenters. The summed E-state index contributed by atoms with van der Waals surface area (Å²) in [6.45, 7) is 2.57. The van der Waals surface area contributed by atoms with Crippen LogP contribution < -0.4 is 5.32 Å². The van der Waals surface area contributed by atoms with Crippen molar-refractivity contribution >= 4 is 22.6 Å². The lowest BCUT2D eigenvalue weighted by molar-refractivity contribution is -0.138. The van der Waals surface area contributed by atoms with E-state index < -0.39 is 12.0 Å². The van der Waals surface area contributed by atoms with Gasteiger partial charge in [-0.05, 0) is 42.2 Å². The number of carboxylic acids is 1. The number of amides is 1. The van der Waals surface area contributed by atoms with E-state index in [4.69, 9.17) is 4.74 Å². The first-order valence-electron chi connectivity index (χ1n) is 8.67. The molecule has 2 aromatic carbocycles. The van der Waals surface area contributed by atoms with E-state index in [-0.39, 0.29) is 24.3 Å². The van der Waals surface area contributed by atoms with Crippen LogP contribution in [0.1, 0.15) is 37.8 Å². The molecule has 1 amide bonds. The number of hydrogen-bond donors (Lipinski definition) is 2. The zero-order chi connectivity index (χ0) is 17.8. The minimum absolute atomic E-state index is 0.133. The first-order valence-corrected chi connectivity index (χ1v) is 8.67. The normalized spacial score (nSPS) is 21.6. The monoisotopic (exact) mass is 341 g/mol. The molecule has 5 nitrogen and oxygen atoms in total. The summed E-state index contributed by atoms with van der Waals surface area (Å²) < 4.78 is 5.56. The maximum absolute atomic E-state index is 12.7. The van der Waals surface area contributed by atoms with E-state index in [2.05, 4.69) is 5.32 Å². The van der Waals surface area contributed by atoms with Crippen molar-refractivity contribution in [2.45, 2.75) is 38.3 Å². The lowest BCUT2D eigenvalue weighted by atomic mass is 9.93. The van der Waals surface area contributed by atoms with Crippen LogP contribution in [0.25, 0.3) is 10.8 Å². The Kier molecular flexibility index (Phi) is 5.34. The molecule has 1 aliphatic heterocycles. The van der Waals surface area contributed by atoms with Crippen LogP contribution >= 0.6 is 0 Å². The van der Waals surface area contributed by atoms with Gasteiger partial charge in [-0.2, -0.15) is 0 Å². The Morgan fingerprint density at radius 3 is 2.72 bits per heavy atom. The second-order valence-electron chi connectivity index (χ2n) is 6.59. The molecule has 0 aliphatic carbocycles. The standard InChI is InChI=1S/C20H23NO4/c1-13-17(7-4-10-25-13)20(24)21-18(12-19(22)23)16-9-8-14-5-2-3-6-15(14)11-16/h2-3,5-6,8-9,11,13,17-18H,4,7,10,12H2,1H3,(H,21,24)(H,22,23)/t13?,17?,18-/m0/s1. The lowest BCUT2D eigenvalue weighted by Crippen LogP contribution is -2.42. The zero-order valence-corrected chi connectivity index (χ0v) is 14.3. The molecule has 0 aromatic heterocycles. The van der Waals surface area contributed by atoms with Gasteiger partial charge in [0, 0.05) is 6.61 Å². The Balaban J connectivity index is 1.82. The van der Waals surface area contributed by atoms with Gasteiger partial charge in [-0.3, -0.25) is 9.59 Å². The SMILES string of the molecule is CC1OCCCC1C(=O)N[C@@H](CC(=O)O)c1ccc2ccccc2c1. The van der Waals surface area contributed by atoms with E-state index in [9.17, 15) is 14.7 Å². The number of hydrogen-bond acceptors (Lipinski definition) is 3. The van der Waals surface area contributed by atoms with Crippen molar-refractivity contribution in [1.82, 2.24) is 5.32 Å². The number of carbonyl (C=O) groups is 2. The molecule has 1 aliphatic rings. The fourth-order valence-electron chi connectivity index (χ4n) is 3.40. The Morgan fingerprint density at radius 1 is 1.24 bits per heavy atom. The smallest absolute Gasteiger partial charge is 0.305 e. The Morgan fingerprint density at radius 2 is 2.00 bits per heavy atom. The van der Waals surface area contributed by atoms with Gasteiger partial charge in [-0.25, -0.2) is 0 Å². The molecule has 0 spiro atoms. The topological polar surface area (TPSA) is 75.6 Å². The molecule has 1 fully saturated rings. The van der Waals surface area contributed by atoms with Crippen LogP contribution in [0, 0.1) is 5.92 Å². The zero-order valence-electron chi connectivity index (χ0n) is 14.3. The van der Waals surface area contributed by atoms with Gasteiger partial charge in [-0.15, -0.1) is 0 Å². The van der Waals surface area contributed by atoms with Gasteiger partial charge in [0.1, 0.15) is 0 Å². The fraction of sp³-hybridized carbons (Fsp3) is 0.400. The first-order chi connectivity index (χ1) is 12.0. The van der Waals surface area contributed by atoms with E-state index in [1.54, 1.807) is 0 Å². The average molecular weight is 341 g/mol. The fourth-order valence-corrected chi connectivity index (χ4v) is 3.40. The highest BCUT2D eigenvalue weighted by atomic mass is 16.5. The molecule has 5 heteroatoms. The second kappa shape index (κ2) is 7.66. The summed E-state index contributed by atoms with van der Waals surface area (Å²) in [6.07, 6.45) is 1.33. The number of aliphatic carboxylic acids is 1. The quantitative estimate of drug-likeness (QED) is 0.875. The van der Waals surface area contributed by atoms with Gasteiger partial charge in [-0.1, -0.05) is 36.4 Å². The van der Waals surface area contributed by atoms with Crippen LogP contribution in [-0.2, 0) is 14.3 Å². The third kappa shape index (κ3) is 4.17. The molecule has 3 rings (SSSR count). The van der Waals surface area contributed by atoms with E-state index in [0.717, 1.165) is 29.2 Å². The van der Waals surface area contributed by atoms with Crippen LogP contribution in [0.4, 0.5) is 0 Å². The highest BCUT2D eigenvalue weighted by Gasteiger charge is 2.30. The highest BCUT2D eigenvalue weighted by Crippen LogP contribution is 2.25. The number of fused-ring (bicyclic) bond motifs is 1. The molecule has 0 radical (unpaired) electrons. The van der Waals surface area contributed by atoms with E-state index in [0.29, 0.717) is 6.61 Å². The van der Waals surface area contributed by atoms with Crippen LogP contribution in [0.2, 0.25) is 0 Å². The Labute approximate surface area is 147 Å². The molecular formula is C20H23NO4. The Bertz CT molecular complexity index is 773. The van der Waals surface area contributed by atoms with Crippen LogP contribution in [-0.4, -0.2) is 29.7 Å². The van der Waals surface area contributed by atoms with E-state index in [1.807, 2.05) is 49.4 Å². The number of ether oxygens (including phenoxy) is 1. The summed E-state index contributed by atoms with van der Waals surface area (Å²) in [6, 6.07) is 13.1. The third-order valence-electron chi connectivity index (χ3n) is 4.81. The molecule has 2 N–H and O–H groups in total. The van der Waals surface area contributed by atoms with Gasteiger partial charge < -0.3 is 15.2 Å². The molecule has 132 valence electrons. The van der Waals surface area contributed by atoms with Crippen molar-refractivity contribution in [2.24, 2.45) is 5.92 Å². The van der Waals surface area contributed by atoms with Gasteiger partial charge >= 0.3 is 5.97 Å². The molecule has 1 saturated heterocycles. The average Bonchev–Trinajstić information content (AvgIpc) is 2.60. The first kappa shape index (κ1) is 17.4. The number of rotatable bonds is 5. The lowest BCUT2D eigenvalue weighted by Gasteiger charge is -2.29. The molecule has 2 aromatic rings. The van der Waals surface area contributed by atoms with E-state index >= 15 is 0 Å². The largest absolute Gasteiger partial charge is 0.481 e. The van der Waals surface area contributed by atoms with Crippen molar-refractivity contribution in [3.8, 4) is 0 Å². The Hall–Kier alpha value is -2.40. The van der Waals surface area contributed by atoms with Crippen molar-refractivity contribution in [1.29, 1.82) is 0 Å². The highest BCUT2D eigenvalue weighted by molar-refractivity contribution is 5.84. The van der Waals surface area contributed by atoms with E-state index in [1.165, 1.54) is 0 Å². The van der Waals surface area contributed by atoms with Gasteiger partial charge in [0.05, 0.1) is 24.5 Å². The summed E-state index contributed by atoms with van der Waals surface area (Å²) in [7, 11) is 0.